The molecule has 1 N–H and O–H groups in total. The van der Waals surface area contributed by atoms with Crippen molar-refractivity contribution in [2.45, 2.75) is 12.5 Å². The third kappa shape index (κ3) is 4.77. The van der Waals surface area contributed by atoms with Gasteiger partial charge in [0.05, 0.1) is 0 Å². The molecule has 6 nitrogen and oxygen atoms in total. The van der Waals surface area contributed by atoms with E-state index in [2.05, 4.69) is 22.3 Å². The van der Waals surface area contributed by atoms with Gasteiger partial charge in [-0.3, -0.25) is 14.5 Å². The number of hydrogen-bond acceptors (Lipinski definition) is 4. The monoisotopic (exact) mass is 319 g/mol. The number of piperazine rings is 1. The van der Waals surface area contributed by atoms with Crippen molar-refractivity contribution in [1.82, 2.24) is 15.1 Å². The van der Waals surface area contributed by atoms with E-state index in [0.717, 1.165) is 13.0 Å². The van der Waals surface area contributed by atoms with Gasteiger partial charge in [0.15, 0.2) is 0 Å². The molecule has 1 saturated heterocycles. The highest BCUT2D eigenvalue weighted by atomic mass is 16.5. The predicted molar refractivity (Wildman–Crippen MR) is 88.0 cm³/mol. The van der Waals surface area contributed by atoms with E-state index < -0.39 is 0 Å². The van der Waals surface area contributed by atoms with E-state index in [0.29, 0.717) is 19.6 Å². The van der Waals surface area contributed by atoms with E-state index in [1.165, 1.54) is 12.7 Å². The third-order valence-corrected chi connectivity index (χ3v) is 4.19. The molecule has 2 amide bonds. The summed E-state index contributed by atoms with van der Waals surface area (Å²) in [5.41, 5.74) is 1.25. The second-order valence-electron chi connectivity index (χ2n) is 5.67. The Morgan fingerprint density at radius 2 is 2.00 bits per heavy atom. The maximum absolute atomic E-state index is 12.2. The first-order chi connectivity index (χ1) is 11.2. The van der Waals surface area contributed by atoms with Crippen LogP contribution in [0.2, 0.25) is 0 Å². The number of likely N-dealkylation sites (N-methyl/N-ethyl adjacent to an activating group) is 1. The van der Waals surface area contributed by atoms with Crippen LogP contribution in [0.15, 0.2) is 30.3 Å². The Bertz CT molecular complexity index is 521. The molecule has 1 aliphatic heterocycles. The third-order valence-electron chi connectivity index (χ3n) is 4.19. The van der Waals surface area contributed by atoms with Gasteiger partial charge in [-0.1, -0.05) is 30.3 Å². The van der Waals surface area contributed by atoms with E-state index in [4.69, 9.17) is 4.74 Å². The summed E-state index contributed by atoms with van der Waals surface area (Å²) in [5, 5.41) is 2.70. The summed E-state index contributed by atoms with van der Waals surface area (Å²) in [4.78, 5) is 28.0. The molecular weight excluding hydrogens is 294 g/mol. The van der Waals surface area contributed by atoms with Crippen LogP contribution >= 0.6 is 0 Å². The first-order valence-electron chi connectivity index (χ1n) is 7.92. The lowest BCUT2D eigenvalue weighted by Gasteiger charge is -2.40. The van der Waals surface area contributed by atoms with E-state index in [-0.39, 0.29) is 24.5 Å². The smallest absolute Gasteiger partial charge is 0.248 e. The first-order valence-corrected chi connectivity index (χ1v) is 7.92. The second kappa shape index (κ2) is 8.64. The van der Waals surface area contributed by atoms with Crippen molar-refractivity contribution in [2.75, 3.05) is 46.9 Å². The molecule has 2 rings (SSSR count). The minimum atomic E-state index is -0.307. The van der Waals surface area contributed by atoms with Crippen LogP contribution in [-0.2, 0) is 20.7 Å². The zero-order valence-electron chi connectivity index (χ0n) is 13.8. The van der Waals surface area contributed by atoms with Crippen LogP contribution in [0.5, 0.6) is 0 Å². The summed E-state index contributed by atoms with van der Waals surface area (Å²) in [6.07, 6.45) is 0.889. The van der Waals surface area contributed by atoms with Gasteiger partial charge in [-0.25, -0.2) is 0 Å². The molecule has 0 bridgehead atoms. The van der Waals surface area contributed by atoms with Gasteiger partial charge in [-0.15, -0.1) is 0 Å². The molecule has 0 saturated carbocycles. The van der Waals surface area contributed by atoms with Crippen molar-refractivity contribution < 1.29 is 14.3 Å². The molecule has 1 aromatic carbocycles. The summed E-state index contributed by atoms with van der Waals surface area (Å²) < 4.78 is 4.91. The Kier molecular flexibility index (Phi) is 6.55. The van der Waals surface area contributed by atoms with Gasteiger partial charge in [0.1, 0.15) is 12.6 Å². The minimum absolute atomic E-state index is 0.0482. The van der Waals surface area contributed by atoms with Crippen molar-refractivity contribution in [3.8, 4) is 0 Å². The van der Waals surface area contributed by atoms with Crippen LogP contribution < -0.4 is 5.32 Å². The van der Waals surface area contributed by atoms with E-state index >= 15 is 0 Å². The molecule has 126 valence electrons. The summed E-state index contributed by atoms with van der Waals surface area (Å²) in [6, 6.07) is 9.91. The van der Waals surface area contributed by atoms with Crippen LogP contribution in [0.25, 0.3) is 0 Å². The van der Waals surface area contributed by atoms with E-state index in [9.17, 15) is 9.59 Å². The fourth-order valence-corrected chi connectivity index (χ4v) is 2.86. The molecule has 0 spiro atoms. The number of carbonyl (C=O) groups excluding carboxylic acids is 2. The molecule has 0 aliphatic carbocycles. The number of carbonyl (C=O) groups is 2. The molecule has 1 unspecified atom stereocenters. The number of ether oxygens (including phenoxy) is 1. The summed E-state index contributed by atoms with van der Waals surface area (Å²) in [5.74, 6) is -0.114. The van der Waals surface area contributed by atoms with Crippen LogP contribution in [0.4, 0.5) is 0 Å². The number of hydrogen-bond donors (Lipinski definition) is 1. The lowest BCUT2D eigenvalue weighted by atomic mass is 10.1. The summed E-state index contributed by atoms with van der Waals surface area (Å²) >= 11 is 0. The van der Waals surface area contributed by atoms with Crippen LogP contribution in [0.3, 0.4) is 0 Å². The Morgan fingerprint density at radius 1 is 1.26 bits per heavy atom. The van der Waals surface area contributed by atoms with Gasteiger partial charge in [0.25, 0.3) is 0 Å². The molecule has 23 heavy (non-hydrogen) atoms. The Hall–Kier alpha value is -1.92. The number of nitrogens with one attached hydrogen (secondary N) is 1. The lowest BCUT2D eigenvalue weighted by Crippen LogP contribution is -2.60. The van der Waals surface area contributed by atoms with Gasteiger partial charge >= 0.3 is 0 Å². The normalized spacial score (nSPS) is 18.7. The number of rotatable bonds is 6. The zero-order valence-corrected chi connectivity index (χ0v) is 13.8. The molecule has 1 aromatic rings. The number of amides is 2. The first kappa shape index (κ1) is 17.4. The van der Waals surface area contributed by atoms with Crippen molar-refractivity contribution in [2.24, 2.45) is 0 Å². The Morgan fingerprint density at radius 3 is 2.65 bits per heavy atom. The van der Waals surface area contributed by atoms with Gasteiger partial charge in [0, 0.05) is 40.3 Å². The zero-order chi connectivity index (χ0) is 16.7. The number of nitrogens with zero attached hydrogens (tertiary/aromatic N) is 2. The SMILES string of the molecule is CNC(=O)C1CN(C(=O)COC)CCN1CCc1ccccc1. The van der Waals surface area contributed by atoms with Crippen LogP contribution in [0, 0.1) is 0 Å². The largest absolute Gasteiger partial charge is 0.375 e. The van der Waals surface area contributed by atoms with Gasteiger partial charge < -0.3 is 15.0 Å². The molecule has 1 aliphatic rings. The van der Waals surface area contributed by atoms with E-state index in [1.54, 1.807) is 11.9 Å². The Balaban J connectivity index is 1.98. The van der Waals surface area contributed by atoms with Crippen molar-refractivity contribution in [3.05, 3.63) is 35.9 Å². The second-order valence-corrected chi connectivity index (χ2v) is 5.67. The molecule has 1 fully saturated rings. The van der Waals surface area contributed by atoms with E-state index in [1.807, 2.05) is 18.2 Å². The molecule has 1 atom stereocenters. The van der Waals surface area contributed by atoms with Gasteiger partial charge in [-0.2, -0.15) is 0 Å². The predicted octanol–water partition coefficient (Wildman–Crippen LogP) is 0.134. The van der Waals surface area contributed by atoms with Gasteiger partial charge in [-0.05, 0) is 12.0 Å². The average molecular weight is 319 g/mol. The molecule has 1 heterocycles. The topological polar surface area (TPSA) is 61.9 Å². The lowest BCUT2D eigenvalue weighted by molar-refractivity contribution is -0.141. The summed E-state index contributed by atoms with van der Waals surface area (Å²) in [6.45, 7) is 2.60. The quantitative estimate of drug-likeness (QED) is 0.810. The van der Waals surface area contributed by atoms with Crippen molar-refractivity contribution in [3.63, 3.8) is 0 Å². The highest BCUT2D eigenvalue weighted by Gasteiger charge is 2.33. The maximum atomic E-state index is 12.2. The van der Waals surface area contributed by atoms with Crippen LogP contribution in [-0.4, -0.2) is 74.6 Å². The summed E-state index contributed by atoms with van der Waals surface area (Å²) in [7, 11) is 3.14. The van der Waals surface area contributed by atoms with Crippen molar-refractivity contribution in [1.29, 1.82) is 0 Å². The number of methoxy groups -OCH3 is 1. The highest BCUT2D eigenvalue weighted by Crippen LogP contribution is 2.12. The van der Waals surface area contributed by atoms with Crippen LogP contribution in [0.1, 0.15) is 5.56 Å². The average Bonchev–Trinajstić information content (AvgIpc) is 2.60. The highest BCUT2D eigenvalue weighted by molar-refractivity contribution is 5.84. The van der Waals surface area contributed by atoms with Gasteiger partial charge in [0.2, 0.25) is 11.8 Å². The number of benzene rings is 1. The fourth-order valence-electron chi connectivity index (χ4n) is 2.86. The molecule has 6 heteroatoms. The standard InChI is InChI=1S/C17H25N3O3/c1-18-17(22)15-12-20(16(21)13-23-2)11-10-19(15)9-8-14-6-4-3-5-7-14/h3-7,15H,8-13H2,1-2H3,(H,18,22). The maximum Gasteiger partial charge on any atom is 0.248 e. The Labute approximate surface area is 137 Å². The molecule has 0 radical (unpaired) electrons. The van der Waals surface area contributed by atoms with Crippen molar-refractivity contribution >= 4 is 11.8 Å². The molecular formula is C17H25N3O3. The fraction of sp³-hybridized carbons (Fsp3) is 0.529. The minimum Gasteiger partial charge on any atom is -0.375 e. The molecule has 0 aromatic heterocycles.